The van der Waals surface area contributed by atoms with Crippen LogP contribution < -0.4 is 20.9 Å². The summed E-state index contributed by atoms with van der Waals surface area (Å²) < 4.78 is 0. The molecule has 0 bridgehead atoms. The molecule has 0 saturated carbocycles. The average molecular weight is 354 g/mol. The van der Waals surface area contributed by atoms with Gasteiger partial charge in [-0.2, -0.15) is 0 Å². The highest BCUT2D eigenvalue weighted by atomic mass is 16.2. The molecule has 2 aromatic rings. The van der Waals surface area contributed by atoms with Gasteiger partial charge in [-0.3, -0.25) is 4.79 Å². The predicted octanol–water partition coefficient (Wildman–Crippen LogP) is 2.84. The maximum atomic E-state index is 11.8. The molecule has 0 aromatic heterocycles. The zero-order chi connectivity index (χ0) is 18.6. The topological polar surface area (TPSA) is 73.5 Å². The van der Waals surface area contributed by atoms with Crippen molar-refractivity contribution in [2.75, 3.05) is 36.9 Å². The molecule has 6 heteroatoms. The Morgan fingerprint density at radius 2 is 1.54 bits per heavy atom. The lowest BCUT2D eigenvalue weighted by molar-refractivity contribution is -0.120. The lowest BCUT2D eigenvalue weighted by Crippen LogP contribution is -2.34. The van der Waals surface area contributed by atoms with Gasteiger partial charge in [-0.1, -0.05) is 36.4 Å². The van der Waals surface area contributed by atoms with Crippen molar-refractivity contribution in [1.29, 1.82) is 0 Å². The maximum Gasteiger partial charge on any atom is 0.319 e. The first-order valence-corrected chi connectivity index (χ1v) is 8.78. The summed E-state index contributed by atoms with van der Waals surface area (Å²) in [6.07, 6.45) is 1.12. The van der Waals surface area contributed by atoms with Gasteiger partial charge in [-0.15, -0.1) is 0 Å². The first-order chi connectivity index (χ1) is 12.6. The minimum absolute atomic E-state index is 0.0626. The van der Waals surface area contributed by atoms with E-state index in [4.69, 9.17) is 0 Å². The summed E-state index contributed by atoms with van der Waals surface area (Å²) in [5.74, 6) is -0.0626. The van der Waals surface area contributed by atoms with E-state index in [0.29, 0.717) is 13.1 Å². The number of rotatable bonds is 9. The van der Waals surface area contributed by atoms with Gasteiger partial charge >= 0.3 is 6.03 Å². The molecule has 0 spiro atoms. The predicted molar refractivity (Wildman–Crippen MR) is 105 cm³/mol. The number of urea groups is 1. The number of carbonyl (C=O) groups is 2. The number of hydrogen-bond donors (Lipinski definition) is 3. The second kappa shape index (κ2) is 10.8. The fraction of sp³-hybridized carbons (Fsp3) is 0.300. The Kier molecular flexibility index (Phi) is 7.99. The number of nitrogens with zero attached hydrogens (tertiary/aromatic N) is 1. The van der Waals surface area contributed by atoms with E-state index in [1.807, 2.05) is 43.4 Å². The van der Waals surface area contributed by atoms with Gasteiger partial charge in [0.2, 0.25) is 5.91 Å². The Labute approximate surface area is 154 Å². The van der Waals surface area contributed by atoms with Crippen molar-refractivity contribution in [3.8, 4) is 0 Å². The van der Waals surface area contributed by atoms with E-state index < -0.39 is 0 Å². The van der Waals surface area contributed by atoms with Crippen LogP contribution in [0.5, 0.6) is 0 Å². The van der Waals surface area contributed by atoms with Gasteiger partial charge in [-0.05, 0) is 30.7 Å². The normalized spacial score (nSPS) is 10.0. The highest BCUT2D eigenvalue weighted by molar-refractivity contribution is 5.89. The van der Waals surface area contributed by atoms with Crippen LogP contribution in [0.1, 0.15) is 12.8 Å². The van der Waals surface area contributed by atoms with Crippen LogP contribution in [0.3, 0.4) is 0 Å². The number of anilines is 2. The van der Waals surface area contributed by atoms with Crippen LogP contribution in [0.4, 0.5) is 16.2 Å². The summed E-state index contributed by atoms with van der Waals surface area (Å²) in [6, 6.07) is 19.0. The van der Waals surface area contributed by atoms with Crippen LogP contribution in [-0.2, 0) is 4.79 Å². The van der Waals surface area contributed by atoms with Gasteiger partial charge in [0.15, 0.2) is 0 Å². The van der Waals surface area contributed by atoms with Crippen molar-refractivity contribution in [3.05, 3.63) is 60.7 Å². The Balaban J connectivity index is 1.53. The molecule has 26 heavy (non-hydrogen) atoms. The second-order valence-electron chi connectivity index (χ2n) is 5.96. The Hall–Kier alpha value is -3.02. The summed E-state index contributed by atoms with van der Waals surface area (Å²) in [7, 11) is 2.03. The summed E-state index contributed by atoms with van der Waals surface area (Å²) in [6.45, 7) is 1.78. The number of hydrogen-bond acceptors (Lipinski definition) is 3. The van der Waals surface area contributed by atoms with Crippen molar-refractivity contribution < 1.29 is 9.59 Å². The molecule has 0 atom stereocenters. The highest BCUT2D eigenvalue weighted by Gasteiger charge is 2.05. The van der Waals surface area contributed by atoms with E-state index in [2.05, 4.69) is 33.0 Å². The quantitative estimate of drug-likeness (QED) is 0.606. The number of para-hydroxylation sites is 2. The third-order valence-electron chi connectivity index (χ3n) is 3.86. The molecule has 0 fully saturated rings. The molecule has 0 aliphatic carbocycles. The second-order valence-corrected chi connectivity index (χ2v) is 5.96. The first kappa shape index (κ1) is 19.3. The van der Waals surface area contributed by atoms with Gasteiger partial charge in [0, 0.05) is 44.5 Å². The van der Waals surface area contributed by atoms with E-state index in [9.17, 15) is 9.59 Å². The minimum Gasteiger partial charge on any atom is -0.375 e. The lowest BCUT2D eigenvalue weighted by Gasteiger charge is -2.19. The Morgan fingerprint density at radius 3 is 2.23 bits per heavy atom. The summed E-state index contributed by atoms with van der Waals surface area (Å²) in [4.78, 5) is 25.7. The molecule has 3 N–H and O–H groups in total. The van der Waals surface area contributed by atoms with Crippen LogP contribution in [0.25, 0.3) is 0 Å². The molecule has 0 aliphatic heterocycles. The van der Waals surface area contributed by atoms with Crippen LogP contribution in [0.15, 0.2) is 60.7 Å². The fourth-order valence-corrected chi connectivity index (χ4v) is 2.43. The standard InChI is InChI=1S/C20H26N4O2/c1-24(18-11-6-3-7-12-18)16-8-14-21-19(25)13-15-22-20(26)23-17-9-4-2-5-10-17/h2-7,9-12H,8,13-16H2,1H3,(H,21,25)(H2,22,23,26). The monoisotopic (exact) mass is 354 g/mol. The minimum atomic E-state index is -0.312. The van der Waals surface area contributed by atoms with Gasteiger partial charge in [0.05, 0.1) is 0 Å². The van der Waals surface area contributed by atoms with E-state index >= 15 is 0 Å². The number of amides is 3. The first-order valence-electron chi connectivity index (χ1n) is 8.78. The molecular weight excluding hydrogens is 328 g/mol. The molecule has 0 heterocycles. The van der Waals surface area contributed by atoms with Crippen molar-refractivity contribution in [2.45, 2.75) is 12.8 Å². The smallest absolute Gasteiger partial charge is 0.319 e. The SMILES string of the molecule is CN(CCCNC(=O)CCNC(=O)Nc1ccccc1)c1ccccc1. The summed E-state index contributed by atoms with van der Waals surface area (Å²) in [5.41, 5.74) is 1.88. The molecule has 0 saturated heterocycles. The fourth-order valence-electron chi connectivity index (χ4n) is 2.43. The molecule has 0 unspecified atom stereocenters. The molecule has 3 amide bonds. The molecule has 2 rings (SSSR count). The maximum absolute atomic E-state index is 11.8. The zero-order valence-corrected chi connectivity index (χ0v) is 15.1. The molecule has 138 valence electrons. The number of carbonyl (C=O) groups excluding carboxylic acids is 2. The van der Waals surface area contributed by atoms with Gasteiger partial charge < -0.3 is 20.9 Å². The Bertz CT molecular complexity index is 677. The van der Waals surface area contributed by atoms with Crippen LogP contribution >= 0.6 is 0 Å². The largest absolute Gasteiger partial charge is 0.375 e. The van der Waals surface area contributed by atoms with Gasteiger partial charge in [0.25, 0.3) is 0 Å². The average Bonchev–Trinajstić information content (AvgIpc) is 2.66. The van der Waals surface area contributed by atoms with E-state index in [1.165, 1.54) is 0 Å². The van der Waals surface area contributed by atoms with Crippen molar-refractivity contribution in [3.63, 3.8) is 0 Å². The number of nitrogens with one attached hydrogen (secondary N) is 3. The van der Waals surface area contributed by atoms with Crippen molar-refractivity contribution >= 4 is 23.3 Å². The third kappa shape index (κ3) is 7.25. The molecule has 6 nitrogen and oxygen atoms in total. The summed E-state index contributed by atoms with van der Waals surface area (Å²) in [5, 5.41) is 8.26. The Morgan fingerprint density at radius 1 is 0.885 bits per heavy atom. The van der Waals surface area contributed by atoms with Crippen LogP contribution in [-0.4, -0.2) is 38.6 Å². The number of benzene rings is 2. The van der Waals surface area contributed by atoms with Crippen LogP contribution in [0, 0.1) is 0 Å². The molecule has 0 aliphatic rings. The molecule has 0 radical (unpaired) electrons. The van der Waals surface area contributed by atoms with Gasteiger partial charge in [0.1, 0.15) is 0 Å². The zero-order valence-electron chi connectivity index (χ0n) is 15.1. The van der Waals surface area contributed by atoms with Crippen molar-refractivity contribution in [1.82, 2.24) is 10.6 Å². The van der Waals surface area contributed by atoms with E-state index in [1.54, 1.807) is 12.1 Å². The van der Waals surface area contributed by atoms with E-state index in [-0.39, 0.29) is 18.4 Å². The highest BCUT2D eigenvalue weighted by Crippen LogP contribution is 2.10. The lowest BCUT2D eigenvalue weighted by atomic mass is 10.3. The summed E-state index contributed by atoms with van der Waals surface area (Å²) >= 11 is 0. The van der Waals surface area contributed by atoms with E-state index in [0.717, 1.165) is 24.3 Å². The van der Waals surface area contributed by atoms with Gasteiger partial charge in [-0.25, -0.2) is 4.79 Å². The third-order valence-corrected chi connectivity index (χ3v) is 3.86. The van der Waals surface area contributed by atoms with Crippen LogP contribution in [0.2, 0.25) is 0 Å². The molecular formula is C20H26N4O2. The molecule has 2 aromatic carbocycles. The van der Waals surface area contributed by atoms with Crippen molar-refractivity contribution in [2.24, 2.45) is 0 Å².